The highest BCUT2D eigenvalue weighted by atomic mass is 16.1. The summed E-state index contributed by atoms with van der Waals surface area (Å²) in [6, 6.07) is 12.5. The number of hydrogen-bond donors (Lipinski definition) is 1. The Morgan fingerprint density at radius 2 is 1.80 bits per heavy atom. The largest absolute Gasteiger partial charge is 0.369 e. The molecule has 2 aromatic rings. The first kappa shape index (κ1) is 12.9. The minimum absolute atomic E-state index is 0.257. The minimum Gasteiger partial charge on any atom is -0.369 e. The summed E-state index contributed by atoms with van der Waals surface area (Å²) in [5.41, 5.74) is 12.8. The lowest BCUT2D eigenvalue weighted by Crippen LogP contribution is -2.24. The third-order valence-electron chi connectivity index (χ3n) is 4.22. The summed E-state index contributed by atoms with van der Waals surface area (Å²) in [7, 11) is 0. The van der Waals surface area contributed by atoms with Gasteiger partial charge in [0.25, 0.3) is 0 Å². The summed E-state index contributed by atoms with van der Waals surface area (Å²) in [6.07, 6.45) is 1.94. The van der Waals surface area contributed by atoms with Crippen molar-refractivity contribution in [3.05, 3.63) is 69.8 Å². The minimum atomic E-state index is -0.315. The number of aryl methyl sites for hydroxylation is 4. The van der Waals surface area contributed by atoms with Gasteiger partial charge in [-0.25, -0.2) is 0 Å². The number of carbonyl (C=O) groups is 1. The molecule has 3 rings (SSSR count). The van der Waals surface area contributed by atoms with Crippen LogP contribution in [0.5, 0.6) is 0 Å². The van der Waals surface area contributed by atoms with Gasteiger partial charge in [-0.3, -0.25) is 4.79 Å². The average molecular weight is 265 g/mol. The van der Waals surface area contributed by atoms with Gasteiger partial charge in [0.1, 0.15) is 0 Å². The molecule has 2 aromatic carbocycles. The molecular formula is C18H19NO. The van der Waals surface area contributed by atoms with Crippen molar-refractivity contribution in [2.45, 2.75) is 32.6 Å². The molecule has 0 fully saturated rings. The van der Waals surface area contributed by atoms with Crippen LogP contribution < -0.4 is 5.73 Å². The Morgan fingerprint density at radius 3 is 2.55 bits per heavy atom. The maximum atomic E-state index is 12.1. The summed E-state index contributed by atoms with van der Waals surface area (Å²) >= 11 is 0. The summed E-state index contributed by atoms with van der Waals surface area (Å²) in [6.45, 7) is 4.18. The van der Waals surface area contributed by atoms with E-state index < -0.39 is 0 Å². The number of rotatable bonds is 1. The standard InChI is InChI=1S/C18H19NO/c1-11-9-12(2)16-14(10-11)8-7-13-5-3-4-6-15(13)17(16)18(19)20/h3-6,9-10,17H,7-8H2,1-2H3,(H2,19,20)/t17-/m0/s1. The van der Waals surface area contributed by atoms with E-state index >= 15 is 0 Å². The van der Waals surface area contributed by atoms with Gasteiger partial charge in [-0.05, 0) is 54.5 Å². The Morgan fingerprint density at radius 1 is 1.10 bits per heavy atom. The van der Waals surface area contributed by atoms with Crippen LogP contribution in [0.4, 0.5) is 0 Å². The maximum absolute atomic E-state index is 12.1. The molecule has 2 heteroatoms. The topological polar surface area (TPSA) is 43.1 Å². The highest BCUT2D eigenvalue weighted by Crippen LogP contribution is 2.36. The van der Waals surface area contributed by atoms with E-state index in [1.807, 2.05) is 18.2 Å². The molecule has 1 aliphatic rings. The van der Waals surface area contributed by atoms with Crippen molar-refractivity contribution >= 4 is 5.91 Å². The van der Waals surface area contributed by atoms with Crippen LogP contribution in [0.1, 0.15) is 39.3 Å². The molecule has 0 aliphatic heterocycles. The maximum Gasteiger partial charge on any atom is 0.229 e. The predicted molar refractivity (Wildman–Crippen MR) is 80.8 cm³/mol. The van der Waals surface area contributed by atoms with Crippen molar-refractivity contribution in [3.63, 3.8) is 0 Å². The summed E-state index contributed by atoms with van der Waals surface area (Å²) in [5, 5.41) is 0. The van der Waals surface area contributed by atoms with Gasteiger partial charge in [0, 0.05) is 0 Å². The molecule has 0 spiro atoms. The summed E-state index contributed by atoms with van der Waals surface area (Å²) in [5.74, 6) is -0.572. The van der Waals surface area contributed by atoms with E-state index in [1.165, 1.54) is 22.3 Å². The zero-order valence-corrected chi connectivity index (χ0v) is 11.9. The number of hydrogen-bond acceptors (Lipinski definition) is 1. The third-order valence-corrected chi connectivity index (χ3v) is 4.22. The van der Waals surface area contributed by atoms with Gasteiger partial charge in [0.2, 0.25) is 5.91 Å². The molecule has 1 amide bonds. The lowest BCUT2D eigenvalue weighted by molar-refractivity contribution is -0.118. The van der Waals surface area contributed by atoms with Crippen LogP contribution in [0, 0.1) is 13.8 Å². The SMILES string of the molecule is Cc1cc(C)c2c(c1)CCc1ccccc1[C@@H]2C(N)=O. The molecule has 2 nitrogen and oxygen atoms in total. The Hall–Kier alpha value is -2.09. The average Bonchev–Trinajstić information content (AvgIpc) is 2.56. The number of primary amides is 1. The fourth-order valence-corrected chi connectivity index (χ4v) is 3.45. The van der Waals surface area contributed by atoms with Crippen LogP contribution in [0.15, 0.2) is 36.4 Å². The number of amides is 1. The summed E-state index contributed by atoms with van der Waals surface area (Å²) in [4.78, 5) is 12.1. The van der Waals surface area contributed by atoms with E-state index in [2.05, 4.69) is 32.0 Å². The number of nitrogens with two attached hydrogens (primary N) is 1. The van der Waals surface area contributed by atoms with Crippen molar-refractivity contribution < 1.29 is 4.79 Å². The Balaban J connectivity index is 2.30. The Kier molecular flexibility index (Phi) is 3.09. The van der Waals surface area contributed by atoms with E-state index in [9.17, 15) is 4.79 Å². The fraction of sp³-hybridized carbons (Fsp3) is 0.278. The molecule has 102 valence electrons. The molecule has 1 atom stereocenters. The second-order valence-corrected chi connectivity index (χ2v) is 5.69. The molecule has 0 unspecified atom stereocenters. The van der Waals surface area contributed by atoms with Gasteiger partial charge < -0.3 is 5.73 Å². The third kappa shape index (κ3) is 2.01. The quantitative estimate of drug-likeness (QED) is 0.846. The first-order chi connectivity index (χ1) is 9.58. The second kappa shape index (κ2) is 4.78. The molecule has 0 saturated heterocycles. The lowest BCUT2D eigenvalue weighted by Gasteiger charge is -2.20. The van der Waals surface area contributed by atoms with Crippen molar-refractivity contribution in [2.24, 2.45) is 5.73 Å². The van der Waals surface area contributed by atoms with E-state index in [-0.39, 0.29) is 11.8 Å². The highest BCUT2D eigenvalue weighted by Gasteiger charge is 2.29. The van der Waals surface area contributed by atoms with Gasteiger partial charge in [-0.2, -0.15) is 0 Å². The molecule has 0 heterocycles. The van der Waals surface area contributed by atoms with Gasteiger partial charge in [0.15, 0.2) is 0 Å². The van der Waals surface area contributed by atoms with Crippen LogP contribution in [0.25, 0.3) is 0 Å². The van der Waals surface area contributed by atoms with E-state index in [0.717, 1.165) is 24.0 Å². The van der Waals surface area contributed by atoms with Crippen LogP contribution >= 0.6 is 0 Å². The predicted octanol–water partition coefficient (Wildman–Crippen LogP) is 3.02. The van der Waals surface area contributed by atoms with Crippen LogP contribution in [-0.2, 0) is 17.6 Å². The van der Waals surface area contributed by atoms with Crippen molar-refractivity contribution in [3.8, 4) is 0 Å². The highest BCUT2D eigenvalue weighted by molar-refractivity contribution is 5.87. The van der Waals surface area contributed by atoms with Crippen molar-refractivity contribution in [1.29, 1.82) is 0 Å². The van der Waals surface area contributed by atoms with Crippen LogP contribution in [0.3, 0.4) is 0 Å². The second-order valence-electron chi connectivity index (χ2n) is 5.69. The molecular weight excluding hydrogens is 246 g/mol. The van der Waals surface area contributed by atoms with Crippen molar-refractivity contribution in [1.82, 2.24) is 0 Å². The van der Waals surface area contributed by atoms with Crippen molar-refractivity contribution in [2.75, 3.05) is 0 Å². The number of fused-ring (bicyclic) bond motifs is 2. The van der Waals surface area contributed by atoms with Gasteiger partial charge in [0.05, 0.1) is 5.92 Å². The molecule has 0 radical (unpaired) electrons. The normalized spacial score (nSPS) is 17.0. The number of benzene rings is 2. The molecule has 0 bridgehead atoms. The van der Waals surface area contributed by atoms with E-state index in [4.69, 9.17) is 5.73 Å². The monoisotopic (exact) mass is 265 g/mol. The molecule has 0 aromatic heterocycles. The fourth-order valence-electron chi connectivity index (χ4n) is 3.45. The zero-order valence-electron chi connectivity index (χ0n) is 11.9. The number of carbonyl (C=O) groups excluding carboxylic acids is 1. The molecule has 20 heavy (non-hydrogen) atoms. The lowest BCUT2D eigenvalue weighted by atomic mass is 9.84. The van der Waals surface area contributed by atoms with Crippen LogP contribution in [0.2, 0.25) is 0 Å². The zero-order chi connectivity index (χ0) is 14.3. The Labute approximate surface area is 119 Å². The van der Waals surface area contributed by atoms with E-state index in [1.54, 1.807) is 0 Å². The molecule has 0 saturated carbocycles. The smallest absolute Gasteiger partial charge is 0.229 e. The van der Waals surface area contributed by atoms with Gasteiger partial charge in [-0.1, -0.05) is 42.0 Å². The van der Waals surface area contributed by atoms with Gasteiger partial charge in [-0.15, -0.1) is 0 Å². The van der Waals surface area contributed by atoms with Crippen LogP contribution in [-0.4, -0.2) is 5.91 Å². The first-order valence-corrected chi connectivity index (χ1v) is 7.05. The first-order valence-electron chi connectivity index (χ1n) is 7.05. The Bertz CT molecular complexity index is 688. The van der Waals surface area contributed by atoms with Gasteiger partial charge >= 0.3 is 0 Å². The van der Waals surface area contributed by atoms with E-state index in [0.29, 0.717) is 0 Å². The molecule has 2 N–H and O–H groups in total. The molecule has 1 aliphatic carbocycles. The summed E-state index contributed by atoms with van der Waals surface area (Å²) < 4.78 is 0.